The molecule has 1 unspecified atom stereocenters. The summed E-state index contributed by atoms with van der Waals surface area (Å²) in [5.74, 6) is 0.738. The molecular formula is C21H27N3O5. The number of ether oxygens (including phenoxy) is 2. The van der Waals surface area contributed by atoms with Crippen molar-refractivity contribution in [3.05, 3.63) is 53.6 Å². The molecule has 2 aromatic carbocycles. The van der Waals surface area contributed by atoms with Gasteiger partial charge < -0.3 is 30.5 Å². The van der Waals surface area contributed by atoms with Gasteiger partial charge in [0.25, 0.3) is 5.91 Å². The molecule has 0 aliphatic heterocycles. The van der Waals surface area contributed by atoms with Crippen molar-refractivity contribution in [2.75, 3.05) is 26.1 Å². The summed E-state index contributed by atoms with van der Waals surface area (Å²) in [5.41, 5.74) is 1.49. The van der Waals surface area contributed by atoms with Gasteiger partial charge >= 0.3 is 6.03 Å². The van der Waals surface area contributed by atoms with Crippen LogP contribution in [0.1, 0.15) is 35.9 Å². The quantitative estimate of drug-likeness (QED) is 0.544. The van der Waals surface area contributed by atoms with Gasteiger partial charge in [0.05, 0.1) is 14.2 Å². The van der Waals surface area contributed by atoms with Gasteiger partial charge in [0, 0.05) is 29.4 Å². The van der Waals surface area contributed by atoms with Crippen molar-refractivity contribution in [3.8, 4) is 11.5 Å². The predicted octanol–water partition coefficient (Wildman–Crippen LogP) is 2.70. The standard InChI is InChI=1S/C21H27N3O5/c1-13(2)23-21(27)24-15-7-5-14(6-8-15)20(26)22-12-18(25)17-11-16(28-3)9-10-19(17)29-4/h5-11,13,18,25H,12H2,1-4H3,(H,22,26)(H2,23,24,27). The van der Waals surface area contributed by atoms with Crippen molar-refractivity contribution in [2.24, 2.45) is 0 Å². The highest BCUT2D eigenvalue weighted by Crippen LogP contribution is 2.29. The average Bonchev–Trinajstić information content (AvgIpc) is 2.71. The molecule has 156 valence electrons. The molecule has 0 saturated heterocycles. The second-order valence-electron chi connectivity index (χ2n) is 6.66. The van der Waals surface area contributed by atoms with E-state index in [2.05, 4.69) is 16.0 Å². The minimum atomic E-state index is -0.968. The first-order valence-corrected chi connectivity index (χ1v) is 9.19. The van der Waals surface area contributed by atoms with Gasteiger partial charge in [0.15, 0.2) is 0 Å². The molecule has 4 N–H and O–H groups in total. The van der Waals surface area contributed by atoms with Crippen LogP contribution in [0.15, 0.2) is 42.5 Å². The molecule has 1 atom stereocenters. The highest BCUT2D eigenvalue weighted by Gasteiger charge is 2.16. The number of hydrogen-bond acceptors (Lipinski definition) is 5. The number of carbonyl (C=O) groups is 2. The summed E-state index contributed by atoms with van der Waals surface area (Å²) in [6.07, 6.45) is -0.968. The molecule has 0 radical (unpaired) electrons. The van der Waals surface area contributed by atoms with Gasteiger partial charge in [-0.3, -0.25) is 4.79 Å². The second-order valence-corrected chi connectivity index (χ2v) is 6.66. The number of urea groups is 1. The molecule has 0 aromatic heterocycles. The van der Waals surface area contributed by atoms with Crippen LogP contribution in [0.3, 0.4) is 0 Å². The van der Waals surface area contributed by atoms with Gasteiger partial charge in [-0.15, -0.1) is 0 Å². The van der Waals surface area contributed by atoms with Crippen molar-refractivity contribution >= 4 is 17.6 Å². The van der Waals surface area contributed by atoms with Crippen LogP contribution in [0.25, 0.3) is 0 Å². The molecule has 0 saturated carbocycles. The second kappa shape index (κ2) is 10.3. The summed E-state index contributed by atoms with van der Waals surface area (Å²) in [5, 5.41) is 18.6. The predicted molar refractivity (Wildman–Crippen MR) is 111 cm³/mol. The number of methoxy groups -OCH3 is 2. The van der Waals surface area contributed by atoms with E-state index in [9.17, 15) is 14.7 Å². The van der Waals surface area contributed by atoms with Crippen LogP contribution in [0.2, 0.25) is 0 Å². The zero-order chi connectivity index (χ0) is 21.4. The maximum Gasteiger partial charge on any atom is 0.319 e. The van der Waals surface area contributed by atoms with Crippen molar-refractivity contribution in [3.63, 3.8) is 0 Å². The Kier molecular flexibility index (Phi) is 7.85. The third-order valence-corrected chi connectivity index (χ3v) is 4.08. The van der Waals surface area contributed by atoms with E-state index < -0.39 is 6.10 Å². The molecule has 0 fully saturated rings. The zero-order valence-corrected chi connectivity index (χ0v) is 17.0. The fraction of sp³-hybridized carbons (Fsp3) is 0.333. The Labute approximate surface area is 170 Å². The lowest BCUT2D eigenvalue weighted by Crippen LogP contribution is -2.34. The molecule has 0 aliphatic carbocycles. The van der Waals surface area contributed by atoms with Crippen LogP contribution in [0, 0.1) is 0 Å². The molecule has 2 aromatic rings. The van der Waals surface area contributed by atoms with Crippen LogP contribution in [-0.2, 0) is 0 Å². The largest absolute Gasteiger partial charge is 0.497 e. The fourth-order valence-corrected chi connectivity index (χ4v) is 2.64. The topological polar surface area (TPSA) is 109 Å². The van der Waals surface area contributed by atoms with E-state index >= 15 is 0 Å². The number of hydrogen-bond donors (Lipinski definition) is 4. The van der Waals surface area contributed by atoms with Gasteiger partial charge in [0.1, 0.15) is 17.6 Å². The van der Waals surface area contributed by atoms with E-state index in [1.807, 2.05) is 13.8 Å². The SMILES string of the molecule is COc1ccc(OC)c(C(O)CNC(=O)c2ccc(NC(=O)NC(C)C)cc2)c1. The van der Waals surface area contributed by atoms with E-state index in [0.717, 1.165) is 0 Å². The smallest absolute Gasteiger partial charge is 0.319 e. The number of anilines is 1. The molecule has 0 aliphatic rings. The summed E-state index contributed by atoms with van der Waals surface area (Å²) in [6, 6.07) is 11.3. The summed E-state index contributed by atoms with van der Waals surface area (Å²) in [6.45, 7) is 3.73. The number of aliphatic hydroxyl groups excluding tert-OH is 1. The van der Waals surface area contributed by atoms with Gasteiger partial charge in [0.2, 0.25) is 0 Å². The lowest BCUT2D eigenvalue weighted by Gasteiger charge is -2.16. The van der Waals surface area contributed by atoms with E-state index in [4.69, 9.17) is 9.47 Å². The van der Waals surface area contributed by atoms with E-state index in [1.54, 1.807) is 42.5 Å². The monoisotopic (exact) mass is 401 g/mol. The number of amides is 3. The van der Waals surface area contributed by atoms with Crippen molar-refractivity contribution < 1.29 is 24.2 Å². The maximum absolute atomic E-state index is 12.4. The van der Waals surface area contributed by atoms with Gasteiger partial charge in [-0.05, 0) is 56.3 Å². The average molecular weight is 401 g/mol. The Bertz CT molecular complexity index is 837. The van der Waals surface area contributed by atoms with Gasteiger partial charge in [-0.2, -0.15) is 0 Å². The lowest BCUT2D eigenvalue weighted by molar-refractivity contribution is 0.0914. The van der Waals surface area contributed by atoms with Crippen LogP contribution in [0.5, 0.6) is 11.5 Å². The van der Waals surface area contributed by atoms with Crippen molar-refractivity contribution in [2.45, 2.75) is 26.0 Å². The molecule has 3 amide bonds. The number of benzene rings is 2. The van der Waals surface area contributed by atoms with Gasteiger partial charge in [-0.1, -0.05) is 0 Å². The van der Waals surface area contributed by atoms with Crippen LogP contribution < -0.4 is 25.4 Å². The zero-order valence-electron chi connectivity index (χ0n) is 17.0. The molecule has 8 nitrogen and oxygen atoms in total. The van der Waals surface area contributed by atoms with Crippen molar-refractivity contribution in [1.29, 1.82) is 0 Å². The van der Waals surface area contributed by atoms with Gasteiger partial charge in [-0.25, -0.2) is 4.79 Å². The normalized spacial score (nSPS) is 11.5. The minimum absolute atomic E-state index is 0.000837. The molecule has 8 heteroatoms. The fourth-order valence-electron chi connectivity index (χ4n) is 2.64. The highest BCUT2D eigenvalue weighted by molar-refractivity contribution is 5.95. The van der Waals surface area contributed by atoms with Crippen molar-refractivity contribution in [1.82, 2.24) is 10.6 Å². The number of nitrogens with one attached hydrogen (secondary N) is 3. The first kappa shape index (κ1) is 22.0. The number of rotatable bonds is 8. The summed E-state index contributed by atoms with van der Waals surface area (Å²) >= 11 is 0. The molecule has 0 bridgehead atoms. The maximum atomic E-state index is 12.4. The van der Waals surface area contributed by atoms with Crippen LogP contribution in [-0.4, -0.2) is 43.9 Å². The third kappa shape index (κ3) is 6.39. The van der Waals surface area contributed by atoms with E-state index in [1.165, 1.54) is 14.2 Å². The minimum Gasteiger partial charge on any atom is -0.497 e. The molecule has 0 spiro atoms. The first-order valence-electron chi connectivity index (χ1n) is 9.19. The highest BCUT2D eigenvalue weighted by atomic mass is 16.5. The lowest BCUT2D eigenvalue weighted by atomic mass is 10.1. The Morgan fingerprint density at radius 2 is 1.72 bits per heavy atom. The molecule has 0 heterocycles. The van der Waals surface area contributed by atoms with Crippen LogP contribution >= 0.6 is 0 Å². The number of aliphatic hydroxyl groups is 1. The Morgan fingerprint density at radius 1 is 1.03 bits per heavy atom. The first-order chi connectivity index (χ1) is 13.8. The third-order valence-electron chi connectivity index (χ3n) is 4.08. The van der Waals surface area contributed by atoms with E-state index in [-0.39, 0.29) is 24.5 Å². The molecule has 2 rings (SSSR count). The number of carbonyl (C=O) groups excluding carboxylic acids is 2. The summed E-state index contributed by atoms with van der Waals surface area (Å²) in [7, 11) is 3.04. The van der Waals surface area contributed by atoms with E-state index in [0.29, 0.717) is 28.3 Å². The Balaban J connectivity index is 1.96. The summed E-state index contributed by atoms with van der Waals surface area (Å²) in [4.78, 5) is 24.1. The molecule has 29 heavy (non-hydrogen) atoms. The van der Waals surface area contributed by atoms with Crippen LogP contribution in [0.4, 0.5) is 10.5 Å². The Hall–Kier alpha value is -3.26. The molecular weight excluding hydrogens is 374 g/mol. The summed E-state index contributed by atoms with van der Waals surface area (Å²) < 4.78 is 10.4. The Morgan fingerprint density at radius 3 is 2.31 bits per heavy atom.